The van der Waals surface area contributed by atoms with Crippen molar-refractivity contribution in [2.24, 2.45) is 0 Å². The molecule has 0 aliphatic heterocycles. The summed E-state index contributed by atoms with van der Waals surface area (Å²) in [7, 11) is 0. The lowest BCUT2D eigenvalue weighted by Gasteiger charge is -1.98. The number of nitrogens with one attached hydrogen (secondary N) is 2. The highest BCUT2D eigenvalue weighted by molar-refractivity contribution is 7.14. The number of furan rings is 1. The Morgan fingerprint density at radius 1 is 1.29 bits per heavy atom. The van der Waals surface area contributed by atoms with Crippen LogP contribution in [0.3, 0.4) is 0 Å². The maximum atomic E-state index is 5.29. The van der Waals surface area contributed by atoms with Crippen molar-refractivity contribution >= 4 is 27.5 Å². The van der Waals surface area contributed by atoms with Gasteiger partial charge in [0.25, 0.3) is 0 Å². The maximum absolute atomic E-state index is 5.29. The van der Waals surface area contributed by atoms with E-state index < -0.39 is 0 Å². The van der Waals surface area contributed by atoms with E-state index in [2.05, 4.69) is 20.3 Å². The van der Waals surface area contributed by atoms with Gasteiger partial charge in [0.1, 0.15) is 11.4 Å². The molecule has 4 rings (SSSR count). The molecule has 0 atom stereocenters. The summed E-state index contributed by atoms with van der Waals surface area (Å²) in [6.07, 6.45) is 5.40. The standard InChI is InChI=1S/C15H12N4OS/c1-4-11-12(8-17-14(11)16-5-1)13-9-21-15(19-13)18-7-10-3-2-6-20-10/h1-6,8-9H,7H2,(H,16,17)(H,18,19). The Bertz CT molecular complexity index is 863. The van der Waals surface area contributed by atoms with E-state index in [1.54, 1.807) is 23.8 Å². The fraction of sp³-hybridized carbons (Fsp3) is 0.0667. The summed E-state index contributed by atoms with van der Waals surface area (Å²) < 4.78 is 5.29. The number of pyridine rings is 1. The van der Waals surface area contributed by atoms with Crippen LogP contribution in [-0.4, -0.2) is 15.0 Å². The van der Waals surface area contributed by atoms with E-state index in [4.69, 9.17) is 4.42 Å². The average Bonchev–Trinajstić information content (AvgIpc) is 3.25. The van der Waals surface area contributed by atoms with Crippen molar-refractivity contribution in [2.75, 3.05) is 5.32 Å². The van der Waals surface area contributed by atoms with Gasteiger partial charge in [0.15, 0.2) is 5.13 Å². The van der Waals surface area contributed by atoms with E-state index in [0.717, 1.165) is 33.2 Å². The summed E-state index contributed by atoms with van der Waals surface area (Å²) in [5.74, 6) is 0.892. The van der Waals surface area contributed by atoms with Crippen LogP contribution in [0.15, 0.2) is 52.7 Å². The molecule has 0 spiro atoms. The molecular formula is C15H12N4OS. The van der Waals surface area contributed by atoms with Crippen LogP contribution in [-0.2, 0) is 6.54 Å². The Morgan fingerprint density at radius 2 is 2.29 bits per heavy atom. The Balaban J connectivity index is 1.59. The first-order valence-corrected chi connectivity index (χ1v) is 7.42. The summed E-state index contributed by atoms with van der Waals surface area (Å²) in [6, 6.07) is 7.79. The van der Waals surface area contributed by atoms with Crippen LogP contribution >= 0.6 is 11.3 Å². The first-order chi connectivity index (χ1) is 10.4. The number of hydrogen-bond acceptors (Lipinski definition) is 5. The van der Waals surface area contributed by atoms with Crippen LogP contribution in [0, 0.1) is 0 Å². The molecule has 6 heteroatoms. The zero-order valence-corrected chi connectivity index (χ0v) is 11.9. The first-order valence-electron chi connectivity index (χ1n) is 6.54. The van der Waals surface area contributed by atoms with Crippen molar-refractivity contribution in [2.45, 2.75) is 6.54 Å². The highest BCUT2D eigenvalue weighted by Gasteiger charge is 2.10. The zero-order chi connectivity index (χ0) is 14.1. The molecule has 0 saturated heterocycles. The molecule has 0 bridgehead atoms. The van der Waals surface area contributed by atoms with Gasteiger partial charge in [-0.1, -0.05) is 0 Å². The fourth-order valence-corrected chi connectivity index (χ4v) is 2.93. The molecule has 2 N–H and O–H groups in total. The molecule has 4 aromatic heterocycles. The van der Waals surface area contributed by atoms with Crippen LogP contribution in [0.2, 0.25) is 0 Å². The van der Waals surface area contributed by atoms with Gasteiger partial charge in [0.2, 0.25) is 0 Å². The van der Waals surface area contributed by atoms with Crippen LogP contribution in [0.5, 0.6) is 0 Å². The third kappa shape index (κ3) is 2.30. The molecule has 4 aromatic rings. The van der Waals surface area contributed by atoms with Crippen molar-refractivity contribution < 1.29 is 4.42 Å². The van der Waals surface area contributed by atoms with Gasteiger partial charge in [-0.3, -0.25) is 0 Å². The largest absolute Gasteiger partial charge is 0.467 e. The van der Waals surface area contributed by atoms with E-state index in [1.807, 2.05) is 35.8 Å². The molecule has 0 aliphatic rings. The van der Waals surface area contributed by atoms with Crippen LogP contribution in [0.4, 0.5) is 5.13 Å². The minimum atomic E-state index is 0.634. The molecule has 104 valence electrons. The number of fused-ring (bicyclic) bond motifs is 1. The van der Waals surface area contributed by atoms with Gasteiger partial charge < -0.3 is 14.7 Å². The number of aromatic amines is 1. The summed E-state index contributed by atoms with van der Waals surface area (Å²) in [6.45, 7) is 0.634. The fourth-order valence-electron chi connectivity index (χ4n) is 2.22. The molecule has 0 amide bonds. The molecular weight excluding hydrogens is 284 g/mol. The second-order valence-electron chi connectivity index (χ2n) is 4.57. The average molecular weight is 296 g/mol. The lowest BCUT2D eigenvalue weighted by Crippen LogP contribution is -1.97. The molecule has 0 aliphatic carbocycles. The minimum Gasteiger partial charge on any atom is -0.467 e. The van der Waals surface area contributed by atoms with E-state index in [9.17, 15) is 0 Å². The van der Waals surface area contributed by atoms with Crippen molar-refractivity contribution in [3.8, 4) is 11.3 Å². The number of rotatable bonds is 4. The second-order valence-corrected chi connectivity index (χ2v) is 5.43. The van der Waals surface area contributed by atoms with Gasteiger partial charge in [-0.15, -0.1) is 11.3 Å². The van der Waals surface area contributed by atoms with E-state index in [0.29, 0.717) is 6.54 Å². The Morgan fingerprint density at radius 3 is 3.19 bits per heavy atom. The number of nitrogens with zero attached hydrogens (tertiary/aromatic N) is 2. The van der Waals surface area contributed by atoms with Gasteiger partial charge in [-0.05, 0) is 24.3 Å². The number of aromatic nitrogens is 3. The topological polar surface area (TPSA) is 66.7 Å². The normalized spacial score (nSPS) is 11.0. The monoisotopic (exact) mass is 296 g/mol. The van der Waals surface area contributed by atoms with E-state index >= 15 is 0 Å². The lowest BCUT2D eigenvalue weighted by molar-refractivity contribution is 0.518. The number of hydrogen-bond donors (Lipinski definition) is 2. The van der Waals surface area contributed by atoms with E-state index in [1.165, 1.54) is 0 Å². The third-order valence-corrected chi connectivity index (χ3v) is 4.03. The predicted octanol–water partition coefficient (Wildman–Crippen LogP) is 3.89. The molecule has 0 radical (unpaired) electrons. The first kappa shape index (κ1) is 12.2. The molecule has 0 unspecified atom stereocenters. The van der Waals surface area contributed by atoms with Crippen LogP contribution < -0.4 is 5.32 Å². The van der Waals surface area contributed by atoms with Crippen LogP contribution in [0.25, 0.3) is 22.3 Å². The van der Waals surface area contributed by atoms with Crippen molar-refractivity contribution in [3.63, 3.8) is 0 Å². The Hall–Kier alpha value is -2.60. The quantitative estimate of drug-likeness (QED) is 0.599. The minimum absolute atomic E-state index is 0.634. The van der Waals surface area contributed by atoms with Gasteiger partial charge in [-0.25, -0.2) is 9.97 Å². The van der Waals surface area contributed by atoms with Gasteiger partial charge in [0.05, 0.1) is 18.5 Å². The molecule has 0 saturated carbocycles. The molecule has 5 nitrogen and oxygen atoms in total. The molecule has 21 heavy (non-hydrogen) atoms. The second kappa shape index (κ2) is 5.06. The number of anilines is 1. The number of thiazole rings is 1. The van der Waals surface area contributed by atoms with Crippen molar-refractivity contribution in [1.29, 1.82) is 0 Å². The highest BCUT2D eigenvalue weighted by atomic mass is 32.1. The SMILES string of the molecule is c1coc(CNc2nc(-c3c[nH]c4ncccc34)cs2)c1. The van der Waals surface area contributed by atoms with Crippen molar-refractivity contribution in [3.05, 3.63) is 54.1 Å². The maximum Gasteiger partial charge on any atom is 0.183 e. The van der Waals surface area contributed by atoms with E-state index in [-0.39, 0.29) is 0 Å². The zero-order valence-electron chi connectivity index (χ0n) is 11.0. The van der Waals surface area contributed by atoms with Crippen molar-refractivity contribution in [1.82, 2.24) is 15.0 Å². The smallest absolute Gasteiger partial charge is 0.183 e. The number of H-pyrrole nitrogens is 1. The molecule has 0 aromatic carbocycles. The molecule has 0 fully saturated rings. The van der Waals surface area contributed by atoms with Gasteiger partial charge in [-0.2, -0.15) is 0 Å². The summed E-state index contributed by atoms with van der Waals surface area (Å²) in [5.41, 5.74) is 2.90. The van der Waals surface area contributed by atoms with Crippen LogP contribution in [0.1, 0.15) is 5.76 Å². The Labute approximate surface area is 124 Å². The Kier molecular flexibility index (Phi) is 2.93. The lowest BCUT2D eigenvalue weighted by atomic mass is 10.2. The molecule has 4 heterocycles. The van der Waals surface area contributed by atoms with Gasteiger partial charge >= 0.3 is 0 Å². The predicted molar refractivity (Wildman–Crippen MR) is 83.2 cm³/mol. The summed E-state index contributed by atoms with van der Waals surface area (Å²) in [5, 5.41) is 7.27. The van der Waals surface area contributed by atoms with Gasteiger partial charge in [0, 0.05) is 28.7 Å². The summed E-state index contributed by atoms with van der Waals surface area (Å²) in [4.78, 5) is 12.1. The highest BCUT2D eigenvalue weighted by Crippen LogP contribution is 2.30. The third-order valence-electron chi connectivity index (χ3n) is 3.23. The summed E-state index contributed by atoms with van der Waals surface area (Å²) >= 11 is 1.58.